The molecule has 0 atom stereocenters. The molecule has 1 heterocycles. The number of carbonyl (C=O) groups is 3. The first-order chi connectivity index (χ1) is 9.72. The van der Waals surface area contributed by atoms with Crippen molar-refractivity contribution in [3.05, 3.63) is 11.9 Å². The van der Waals surface area contributed by atoms with E-state index >= 15 is 0 Å². The number of carbonyl (C=O) groups excluding carboxylic acids is 2. The van der Waals surface area contributed by atoms with Crippen LogP contribution in [-0.4, -0.2) is 74.4 Å². The Morgan fingerprint density at radius 3 is 2.43 bits per heavy atom. The Balaban J connectivity index is 2.85. The smallest absolute Gasteiger partial charge is 0.323 e. The van der Waals surface area contributed by atoms with Crippen molar-refractivity contribution in [3.8, 4) is 0 Å². The van der Waals surface area contributed by atoms with Gasteiger partial charge < -0.3 is 14.9 Å². The molecule has 1 aromatic heterocycles. The minimum atomic E-state index is -1.10. The van der Waals surface area contributed by atoms with Crippen molar-refractivity contribution in [2.75, 3.05) is 20.6 Å². The fourth-order valence-corrected chi connectivity index (χ4v) is 1.54. The van der Waals surface area contributed by atoms with Crippen molar-refractivity contribution < 1.29 is 19.5 Å². The number of hydrogen-bond acceptors (Lipinski definition) is 5. The molecule has 1 aromatic rings. The molecule has 0 aliphatic rings. The third-order valence-corrected chi connectivity index (χ3v) is 2.74. The first-order valence-electron chi connectivity index (χ1n) is 6.35. The monoisotopic (exact) mass is 297 g/mol. The molecule has 0 spiro atoms. The Bertz CT molecular complexity index is 538. The van der Waals surface area contributed by atoms with Gasteiger partial charge in [0.1, 0.15) is 13.1 Å². The molecule has 0 saturated heterocycles. The maximum Gasteiger partial charge on any atom is 0.323 e. The number of nitrogens with zero attached hydrogens (tertiary/aromatic N) is 5. The van der Waals surface area contributed by atoms with E-state index in [0.717, 1.165) is 0 Å². The van der Waals surface area contributed by atoms with Crippen LogP contribution in [0, 0.1) is 0 Å². The number of aromatic nitrogens is 3. The zero-order valence-electron chi connectivity index (χ0n) is 12.5. The molecule has 2 amide bonds. The van der Waals surface area contributed by atoms with E-state index in [4.69, 9.17) is 5.11 Å². The van der Waals surface area contributed by atoms with Gasteiger partial charge in [-0.15, -0.1) is 5.10 Å². The first kappa shape index (κ1) is 16.6. The molecular weight excluding hydrogens is 278 g/mol. The second-order valence-electron chi connectivity index (χ2n) is 5.01. The van der Waals surface area contributed by atoms with E-state index in [1.807, 2.05) is 0 Å². The lowest BCUT2D eigenvalue weighted by Crippen LogP contribution is -2.40. The van der Waals surface area contributed by atoms with Crippen LogP contribution in [0.5, 0.6) is 0 Å². The lowest BCUT2D eigenvalue weighted by molar-refractivity contribution is -0.138. The Hall–Kier alpha value is -2.45. The molecular formula is C12H19N5O4. The van der Waals surface area contributed by atoms with Gasteiger partial charge in [-0.2, -0.15) is 0 Å². The Labute approximate surface area is 122 Å². The molecule has 9 nitrogen and oxygen atoms in total. The van der Waals surface area contributed by atoms with Gasteiger partial charge >= 0.3 is 5.97 Å². The van der Waals surface area contributed by atoms with Gasteiger partial charge in [-0.1, -0.05) is 5.21 Å². The summed E-state index contributed by atoms with van der Waals surface area (Å²) < 4.78 is 1.24. The third-order valence-electron chi connectivity index (χ3n) is 2.74. The third kappa shape index (κ3) is 4.55. The molecule has 9 heteroatoms. The predicted octanol–water partition coefficient (Wildman–Crippen LogP) is -0.698. The topological polar surface area (TPSA) is 109 Å². The zero-order chi connectivity index (χ0) is 16.2. The second-order valence-corrected chi connectivity index (χ2v) is 5.01. The molecule has 0 bridgehead atoms. The Morgan fingerprint density at radius 2 is 1.95 bits per heavy atom. The summed E-state index contributed by atoms with van der Waals surface area (Å²) in [5, 5.41) is 16.2. The van der Waals surface area contributed by atoms with Gasteiger partial charge in [0.2, 0.25) is 5.91 Å². The molecule has 0 aliphatic heterocycles. The van der Waals surface area contributed by atoms with Gasteiger partial charge in [-0.3, -0.25) is 14.4 Å². The van der Waals surface area contributed by atoms with E-state index in [9.17, 15) is 14.4 Å². The number of aliphatic carboxylic acids is 1. The van der Waals surface area contributed by atoms with Crippen molar-refractivity contribution >= 4 is 17.8 Å². The van der Waals surface area contributed by atoms with E-state index in [-0.39, 0.29) is 24.2 Å². The largest absolute Gasteiger partial charge is 0.480 e. The molecule has 0 fully saturated rings. The van der Waals surface area contributed by atoms with Crippen molar-refractivity contribution in [1.29, 1.82) is 0 Å². The van der Waals surface area contributed by atoms with Gasteiger partial charge in [0, 0.05) is 20.1 Å². The molecule has 1 N–H and O–H groups in total. The van der Waals surface area contributed by atoms with Crippen LogP contribution in [0.1, 0.15) is 24.3 Å². The summed E-state index contributed by atoms with van der Waals surface area (Å²) in [7, 11) is 3.22. The standard InChI is InChI=1S/C12H19N5O4/c1-8(2)17(7-11(19)20)12(21)9-5-16(14-13-9)6-10(18)15(3)4/h5,8H,6-7H2,1-4H3,(H,19,20). The van der Waals surface area contributed by atoms with Crippen LogP contribution in [0.3, 0.4) is 0 Å². The minimum Gasteiger partial charge on any atom is -0.480 e. The predicted molar refractivity (Wildman–Crippen MR) is 72.5 cm³/mol. The van der Waals surface area contributed by atoms with E-state index in [1.165, 1.54) is 20.7 Å². The Morgan fingerprint density at radius 1 is 1.33 bits per heavy atom. The zero-order valence-corrected chi connectivity index (χ0v) is 12.5. The minimum absolute atomic E-state index is 0.0107. The Kier molecular flexibility index (Phi) is 5.39. The normalized spacial score (nSPS) is 10.5. The summed E-state index contributed by atoms with van der Waals surface area (Å²) in [5.41, 5.74) is 0.0107. The van der Waals surface area contributed by atoms with E-state index in [0.29, 0.717) is 0 Å². The summed E-state index contributed by atoms with van der Waals surface area (Å²) in [6.07, 6.45) is 1.33. The van der Waals surface area contributed by atoms with Crippen molar-refractivity contribution in [3.63, 3.8) is 0 Å². The van der Waals surface area contributed by atoms with Crippen molar-refractivity contribution in [2.45, 2.75) is 26.4 Å². The summed E-state index contributed by atoms with van der Waals surface area (Å²) in [6.45, 7) is 2.97. The second kappa shape index (κ2) is 6.82. The van der Waals surface area contributed by atoms with Crippen molar-refractivity contribution in [2.24, 2.45) is 0 Å². The fraction of sp³-hybridized carbons (Fsp3) is 0.583. The molecule has 0 unspecified atom stereocenters. The number of rotatable bonds is 6. The first-order valence-corrected chi connectivity index (χ1v) is 6.35. The SMILES string of the molecule is CC(C)N(CC(=O)O)C(=O)c1cn(CC(=O)N(C)C)nn1. The summed E-state index contributed by atoms with van der Waals surface area (Å²) in [6, 6.07) is -0.290. The molecule has 21 heavy (non-hydrogen) atoms. The van der Waals surface area contributed by atoms with Crippen molar-refractivity contribution in [1.82, 2.24) is 24.8 Å². The van der Waals surface area contributed by atoms with Crippen LogP contribution in [0.15, 0.2) is 6.20 Å². The highest BCUT2D eigenvalue weighted by Crippen LogP contribution is 2.06. The van der Waals surface area contributed by atoms with Crippen LogP contribution in [-0.2, 0) is 16.1 Å². The quantitative estimate of drug-likeness (QED) is 0.744. The van der Waals surface area contributed by atoms with Crippen LogP contribution < -0.4 is 0 Å². The van der Waals surface area contributed by atoms with Gasteiger partial charge in [0.05, 0.1) is 6.20 Å². The lowest BCUT2D eigenvalue weighted by atomic mass is 10.3. The number of carboxylic acid groups (broad SMARTS) is 1. The van der Waals surface area contributed by atoms with Crippen LogP contribution in [0.25, 0.3) is 0 Å². The van der Waals surface area contributed by atoms with Crippen LogP contribution in [0.2, 0.25) is 0 Å². The molecule has 1 rings (SSSR count). The van der Waals surface area contributed by atoms with E-state index in [2.05, 4.69) is 10.3 Å². The molecule has 0 radical (unpaired) electrons. The highest BCUT2D eigenvalue weighted by Gasteiger charge is 2.24. The molecule has 0 aliphatic carbocycles. The fourth-order valence-electron chi connectivity index (χ4n) is 1.54. The summed E-state index contributed by atoms with van der Waals surface area (Å²) in [4.78, 5) is 37.1. The average Bonchev–Trinajstić information content (AvgIpc) is 2.82. The number of hydrogen-bond donors (Lipinski definition) is 1. The number of carboxylic acids is 1. The average molecular weight is 297 g/mol. The summed E-state index contributed by atoms with van der Waals surface area (Å²) in [5.74, 6) is -1.83. The van der Waals surface area contributed by atoms with E-state index in [1.54, 1.807) is 27.9 Å². The molecule has 116 valence electrons. The molecule has 0 saturated carbocycles. The van der Waals surface area contributed by atoms with Crippen LogP contribution in [0.4, 0.5) is 0 Å². The highest BCUT2D eigenvalue weighted by molar-refractivity contribution is 5.94. The maximum absolute atomic E-state index is 12.2. The van der Waals surface area contributed by atoms with Crippen LogP contribution >= 0.6 is 0 Å². The lowest BCUT2D eigenvalue weighted by Gasteiger charge is -2.23. The van der Waals surface area contributed by atoms with Gasteiger partial charge in [-0.25, -0.2) is 4.68 Å². The van der Waals surface area contributed by atoms with Gasteiger partial charge in [0.25, 0.3) is 5.91 Å². The number of amides is 2. The maximum atomic E-state index is 12.2. The van der Waals surface area contributed by atoms with Gasteiger partial charge in [0.15, 0.2) is 5.69 Å². The molecule has 0 aromatic carbocycles. The van der Waals surface area contributed by atoms with Gasteiger partial charge in [-0.05, 0) is 13.8 Å². The number of likely N-dealkylation sites (N-methyl/N-ethyl adjacent to an activating group) is 1. The summed E-state index contributed by atoms with van der Waals surface area (Å²) >= 11 is 0. The highest BCUT2D eigenvalue weighted by atomic mass is 16.4. The van der Waals surface area contributed by atoms with E-state index < -0.39 is 18.4 Å².